The van der Waals surface area contributed by atoms with Gasteiger partial charge in [0.25, 0.3) is 0 Å². The lowest BCUT2D eigenvalue weighted by Gasteiger charge is -2.34. The molecule has 0 unspecified atom stereocenters. The number of ketones is 1. The Bertz CT molecular complexity index is 2390. The van der Waals surface area contributed by atoms with Crippen LogP contribution >= 0.6 is 0 Å². The molecule has 7 atom stereocenters. The first-order chi connectivity index (χ1) is 30.9. The summed E-state index contributed by atoms with van der Waals surface area (Å²) < 4.78 is 47.3. The predicted molar refractivity (Wildman–Crippen MR) is 244 cm³/mol. The van der Waals surface area contributed by atoms with Gasteiger partial charge in [-0.1, -0.05) is 51.8 Å². The van der Waals surface area contributed by atoms with E-state index in [0.717, 1.165) is 68.3 Å². The minimum Gasteiger partial charge on any atom is -0.492 e. The summed E-state index contributed by atoms with van der Waals surface area (Å²) in [5.41, 5.74) is 0.556. The molecular weight excluding hydrogens is 849 g/mol. The van der Waals surface area contributed by atoms with E-state index in [1.807, 2.05) is 51.1 Å². The van der Waals surface area contributed by atoms with E-state index in [1.54, 1.807) is 19.2 Å². The molecule has 3 saturated carbocycles. The Labute approximate surface area is 382 Å². The van der Waals surface area contributed by atoms with Crippen molar-refractivity contribution in [1.29, 1.82) is 0 Å². The maximum absolute atomic E-state index is 15.0. The van der Waals surface area contributed by atoms with Gasteiger partial charge >= 0.3 is 5.97 Å². The van der Waals surface area contributed by atoms with Crippen molar-refractivity contribution in [2.24, 2.45) is 28.6 Å². The van der Waals surface area contributed by atoms with Crippen LogP contribution in [0.15, 0.2) is 49.2 Å². The van der Waals surface area contributed by atoms with Gasteiger partial charge in [0, 0.05) is 43.2 Å². The number of pyridine rings is 1. The lowest BCUT2D eigenvalue weighted by Crippen LogP contribution is -2.49. The van der Waals surface area contributed by atoms with Gasteiger partial charge in [0.2, 0.25) is 27.7 Å². The lowest BCUT2D eigenvalue weighted by molar-refractivity contribution is -0.154. The van der Waals surface area contributed by atoms with Gasteiger partial charge in [-0.3, -0.25) is 29.0 Å². The third-order valence-electron chi connectivity index (χ3n) is 14.6. The number of amides is 2. The van der Waals surface area contributed by atoms with Crippen LogP contribution in [0.25, 0.3) is 10.9 Å². The molecule has 16 heteroatoms. The quantitative estimate of drug-likeness (QED) is 0.102. The monoisotopic (exact) mass is 914 g/mol. The van der Waals surface area contributed by atoms with Crippen molar-refractivity contribution in [1.82, 2.24) is 29.7 Å². The number of aromatic amines is 1. The highest BCUT2D eigenvalue weighted by molar-refractivity contribution is 7.91. The van der Waals surface area contributed by atoms with Crippen LogP contribution in [-0.2, 0) is 46.9 Å². The van der Waals surface area contributed by atoms with Crippen LogP contribution in [0.4, 0.5) is 0 Å². The molecule has 352 valence electrons. The first-order valence-electron chi connectivity index (χ1n) is 23.5. The number of para-hydroxylation sites is 1. The summed E-state index contributed by atoms with van der Waals surface area (Å²) in [6.07, 6.45) is 9.18. The highest BCUT2D eigenvalue weighted by Gasteiger charge is 2.62. The van der Waals surface area contributed by atoms with Crippen molar-refractivity contribution >= 4 is 44.5 Å². The topological polar surface area (TPSA) is 190 Å². The lowest BCUT2D eigenvalue weighted by atomic mass is 9.77. The molecule has 2 bridgehead atoms. The number of H-pyrrole nitrogens is 1. The zero-order chi connectivity index (χ0) is 46.3. The van der Waals surface area contributed by atoms with E-state index in [4.69, 9.17) is 19.2 Å². The Balaban J connectivity index is 1.10. The van der Waals surface area contributed by atoms with Gasteiger partial charge < -0.3 is 24.0 Å². The molecule has 1 aromatic carbocycles. The number of carbonyl (C=O) groups is 4. The second-order valence-electron chi connectivity index (χ2n) is 20.7. The molecule has 65 heavy (non-hydrogen) atoms. The highest BCUT2D eigenvalue weighted by atomic mass is 32.2. The summed E-state index contributed by atoms with van der Waals surface area (Å²) >= 11 is 0. The Morgan fingerprint density at radius 1 is 1.11 bits per heavy atom. The van der Waals surface area contributed by atoms with E-state index >= 15 is 0 Å². The molecule has 2 amide bonds. The van der Waals surface area contributed by atoms with E-state index in [0.29, 0.717) is 43.0 Å². The number of Topliss-reactive ketones (excluding diaryl/α,β-unsaturated/α-hetero) is 1. The fourth-order valence-electron chi connectivity index (χ4n) is 9.83. The van der Waals surface area contributed by atoms with Crippen LogP contribution in [0.2, 0.25) is 0 Å². The fourth-order valence-corrected chi connectivity index (χ4v) is 11.2. The fraction of sp³-hybridized carbons (Fsp3) is 0.633. The number of rotatable bonds is 14. The van der Waals surface area contributed by atoms with Gasteiger partial charge in [-0.15, -0.1) is 6.58 Å². The van der Waals surface area contributed by atoms with Crippen LogP contribution in [0, 0.1) is 28.6 Å². The Morgan fingerprint density at radius 3 is 2.60 bits per heavy atom. The van der Waals surface area contributed by atoms with E-state index in [2.05, 4.69) is 33.4 Å². The second kappa shape index (κ2) is 18.5. The normalized spacial score (nSPS) is 27.9. The predicted octanol–water partition coefficient (Wildman–Crippen LogP) is 6.46. The minimum absolute atomic E-state index is 0.0329. The first-order valence-corrected chi connectivity index (χ1v) is 25.0. The SMILES string of the molecule is C=C[C@@H]1C[C@]1(CC(=O)[C@@H]1C[C@@H]2CN1C(=O)[C@H](C(C)(C)C)CC(=O)O[C@@H]1C[C@H]1CCCCCc1c(nc3ccccc3c1OCCCN(C)Cc1ccn[nH]1)O2)C(=O)NS(=O)(=O)C1(C)CC1. The summed E-state index contributed by atoms with van der Waals surface area (Å²) in [6, 6.07) is 8.76. The van der Waals surface area contributed by atoms with Gasteiger partial charge in [-0.25, -0.2) is 13.4 Å². The van der Waals surface area contributed by atoms with Crippen LogP contribution < -0.4 is 14.2 Å². The van der Waals surface area contributed by atoms with E-state index in [-0.39, 0.29) is 55.9 Å². The van der Waals surface area contributed by atoms with Crippen molar-refractivity contribution in [3.8, 4) is 11.6 Å². The number of sulfonamides is 1. The first kappa shape index (κ1) is 46.7. The molecule has 3 aliphatic carbocycles. The van der Waals surface area contributed by atoms with Crippen LogP contribution in [0.5, 0.6) is 11.6 Å². The largest absolute Gasteiger partial charge is 0.492 e. The smallest absolute Gasteiger partial charge is 0.306 e. The number of benzene rings is 1. The highest BCUT2D eigenvalue weighted by Crippen LogP contribution is 2.57. The maximum Gasteiger partial charge on any atom is 0.306 e. The van der Waals surface area contributed by atoms with E-state index in [1.165, 1.54) is 4.90 Å². The number of aromatic nitrogens is 3. The Morgan fingerprint density at radius 2 is 1.89 bits per heavy atom. The Kier molecular flexibility index (Phi) is 13.3. The van der Waals surface area contributed by atoms with Gasteiger partial charge in [-0.05, 0) is 101 Å². The molecule has 5 aliphatic rings. The van der Waals surface area contributed by atoms with Crippen LogP contribution in [0.1, 0.15) is 116 Å². The zero-order valence-corrected chi connectivity index (χ0v) is 39.4. The number of nitrogens with one attached hydrogen (secondary N) is 2. The zero-order valence-electron chi connectivity index (χ0n) is 38.6. The van der Waals surface area contributed by atoms with Crippen molar-refractivity contribution in [2.75, 3.05) is 26.7 Å². The number of ether oxygens (including phenoxy) is 3. The number of esters is 1. The number of allylic oxidation sites excluding steroid dienone is 1. The summed E-state index contributed by atoms with van der Waals surface area (Å²) in [4.78, 5) is 66.1. The standard InChI is InChI=1S/C49H66N6O9S/c1-7-32-27-49(32,46(59)53-65(60,61)48(5)19-20-48)28-40(56)39-25-34-30-55(39)45(58)37(47(2,3)4)26-42(57)64-41-24-31(41)14-9-8-10-16-36-43(35-15-11-12-17-38(35)51-44(36)63-34)62-23-13-22-54(6)29-33-18-21-50-52-33/h7,11-12,15,17-18,21,31-32,34,37,39,41H,1,8-10,13-14,16,19-20,22-30H2,2-6H3,(H,50,52)(H,53,59)/t31-,32-,34-,37-,39+,41-,49-/m1/s1. The van der Waals surface area contributed by atoms with Gasteiger partial charge in [0.1, 0.15) is 18.0 Å². The minimum atomic E-state index is -3.97. The number of nitrogens with zero attached hydrogens (tertiary/aromatic N) is 4. The van der Waals surface area contributed by atoms with Crippen molar-refractivity contribution in [2.45, 2.75) is 141 Å². The van der Waals surface area contributed by atoms with Crippen molar-refractivity contribution in [3.05, 3.63) is 60.4 Å². The molecule has 0 radical (unpaired) electrons. The Hall–Kier alpha value is -4.83. The number of fused-ring (bicyclic) bond motifs is 5. The van der Waals surface area contributed by atoms with Crippen LogP contribution in [-0.4, -0.2) is 107 Å². The van der Waals surface area contributed by atoms with E-state index in [9.17, 15) is 27.6 Å². The maximum atomic E-state index is 15.0. The molecule has 4 heterocycles. The molecule has 2 N–H and O–H groups in total. The molecule has 8 rings (SSSR count). The van der Waals surface area contributed by atoms with Gasteiger partial charge in [-0.2, -0.15) is 5.10 Å². The molecule has 1 saturated heterocycles. The van der Waals surface area contributed by atoms with Crippen molar-refractivity contribution in [3.63, 3.8) is 0 Å². The third kappa shape index (κ3) is 10.3. The molecule has 0 spiro atoms. The summed E-state index contributed by atoms with van der Waals surface area (Å²) in [5.74, 6) is -1.77. The van der Waals surface area contributed by atoms with Crippen LogP contribution in [0.3, 0.4) is 0 Å². The number of hydrogen-bond acceptors (Lipinski definition) is 12. The third-order valence-corrected chi connectivity index (χ3v) is 16.7. The molecule has 15 nitrogen and oxygen atoms in total. The number of carbonyl (C=O) groups excluding carboxylic acids is 4. The number of hydrogen-bond donors (Lipinski definition) is 2. The van der Waals surface area contributed by atoms with E-state index < -0.39 is 61.5 Å². The molecular formula is C49H66N6O9S. The summed E-state index contributed by atoms with van der Waals surface area (Å²) in [6.45, 7) is 13.2. The summed E-state index contributed by atoms with van der Waals surface area (Å²) in [5, 5.41) is 7.95. The molecule has 3 aromatic rings. The van der Waals surface area contributed by atoms with Gasteiger partial charge in [0.15, 0.2) is 5.78 Å². The molecule has 4 fully saturated rings. The summed E-state index contributed by atoms with van der Waals surface area (Å²) in [7, 11) is -1.91. The molecule has 2 aromatic heterocycles. The average molecular weight is 915 g/mol. The molecule has 2 aliphatic heterocycles. The van der Waals surface area contributed by atoms with Crippen molar-refractivity contribution < 1.29 is 41.8 Å². The second-order valence-corrected chi connectivity index (χ2v) is 22.9. The van der Waals surface area contributed by atoms with Gasteiger partial charge in [0.05, 0.1) is 52.8 Å². The average Bonchev–Trinajstić information content (AvgIpc) is 4.20.